The molecule has 5 nitrogen and oxygen atoms in total. The molecule has 1 atom stereocenters. The first-order valence-electron chi connectivity index (χ1n) is 7.53. The molecular formula is C16H22N2O3S. The number of aromatic hydroxyl groups is 1. The van der Waals surface area contributed by atoms with Gasteiger partial charge in [0.15, 0.2) is 0 Å². The summed E-state index contributed by atoms with van der Waals surface area (Å²) in [7, 11) is -3.59. The van der Waals surface area contributed by atoms with Gasteiger partial charge in [-0.1, -0.05) is 32.3 Å². The van der Waals surface area contributed by atoms with Crippen LogP contribution in [-0.2, 0) is 10.0 Å². The minimum atomic E-state index is -3.59. The lowest BCUT2D eigenvalue weighted by molar-refractivity contribution is 0.479. The molecule has 0 spiro atoms. The van der Waals surface area contributed by atoms with Gasteiger partial charge in [-0.3, -0.25) is 4.98 Å². The van der Waals surface area contributed by atoms with Gasteiger partial charge in [-0.15, -0.1) is 0 Å². The van der Waals surface area contributed by atoms with Crippen molar-refractivity contribution in [3.63, 3.8) is 0 Å². The van der Waals surface area contributed by atoms with E-state index in [0.29, 0.717) is 10.8 Å². The molecule has 0 aliphatic carbocycles. The van der Waals surface area contributed by atoms with Crippen molar-refractivity contribution < 1.29 is 13.5 Å². The van der Waals surface area contributed by atoms with Crippen LogP contribution in [0.3, 0.4) is 0 Å². The van der Waals surface area contributed by atoms with Gasteiger partial charge in [0, 0.05) is 23.0 Å². The van der Waals surface area contributed by atoms with Gasteiger partial charge >= 0.3 is 0 Å². The lowest BCUT2D eigenvalue weighted by Gasteiger charge is -2.14. The van der Waals surface area contributed by atoms with E-state index in [-0.39, 0.29) is 16.7 Å². The van der Waals surface area contributed by atoms with Gasteiger partial charge in [-0.05, 0) is 25.5 Å². The molecule has 0 bridgehead atoms. The Morgan fingerprint density at radius 1 is 1.27 bits per heavy atom. The Balaban J connectivity index is 2.20. The SMILES string of the molecule is CCCCCC(C)NS(=O)(=O)c1ccc2cncc(O)c2c1. The molecule has 22 heavy (non-hydrogen) atoms. The second kappa shape index (κ2) is 7.07. The van der Waals surface area contributed by atoms with Gasteiger partial charge < -0.3 is 5.11 Å². The fourth-order valence-corrected chi connectivity index (χ4v) is 3.69. The quantitative estimate of drug-likeness (QED) is 0.767. The predicted octanol–water partition coefficient (Wildman–Crippen LogP) is 3.19. The Morgan fingerprint density at radius 2 is 2.05 bits per heavy atom. The maximum atomic E-state index is 12.4. The molecule has 0 saturated carbocycles. The molecule has 0 saturated heterocycles. The molecule has 2 rings (SSSR count). The number of fused-ring (bicyclic) bond motifs is 1. The first kappa shape index (κ1) is 16.7. The molecule has 0 amide bonds. The number of nitrogens with zero attached hydrogens (tertiary/aromatic N) is 1. The van der Waals surface area contributed by atoms with Crippen LogP contribution in [-0.4, -0.2) is 24.6 Å². The molecule has 1 aromatic heterocycles. The molecule has 1 aromatic carbocycles. The summed E-state index contributed by atoms with van der Waals surface area (Å²) in [6, 6.07) is 4.55. The Bertz CT molecular complexity index is 744. The number of hydrogen-bond donors (Lipinski definition) is 2. The fourth-order valence-electron chi connectivity index (χ4n) is 2.39. The van der Waals surface area contributed by atoms with Crippen molar-refractivity contribution >= 4 is 20.8 Å². The van der Waals surface area contributed by atoms with E-state index >= 15 is 0 Å². The van der Waals surface area contributed by atoms with Crippen molar-refractivity contribution in [1.29, 1.82) is 0 Å². The van der Waals surface area contributed by atoms with Crippen LogP contribution >= 0.6 is 0 Å². The summed E-state index contributed by atoms with van der Waals surface area (Å²) in [6.45, 7) is 3.99. The molecular weight excluding hydrogens is 300 g/mol. The van der Waals surface area contributed by atoms with Crippen molar-refractivity contribution in [1.82, 2.24) is 9.71 Å². The Morgan fingerprint density at radius 3 is 2.77 bits per heavy atom. The fraction of sp³-hybridized carbons (Fsp3) is 0.438. The highest BCUT2D eigenvalue weighted by Crippen LogP contribution is 2.25. The summed E-state index contributed by atoms with van der Waals surface area (Å²) in [6.07, 6.45) is 6.92. The Hall–Kier alpha value is -1.66. The van der Waals surface area contributed by atoms with E-state index in [2.05, 4.69) is 16.6 Å². The minimum Gasteiger partial charge on any atom is -0.506 e. The highest BCUT2D eigenvalue weighted by atomic mass is 32.2. The van der Waals surface area contributed by atoms with Crippen LogP contribution in [0.1, 0.15) is 39.5 Å². The van der Waals surface area contributed by atoms with Crippen LogP contribution < -0.4 is 4.72 Å². The standard InChI is InChI=1S/C16H22N2O3S/c1-3-4-5-6-12(2)18-22(20,21)14-8-7-13-10-17-11-16(19)15(13)9-14/h7-12,18-19H,3-6H2,1-2H3. The largest absolute Gasteiger partial charge is 0.506 e. The van der Waals surface area contributed by atoms with Crippen molar-refractivity contribution in [3.05, 3.63) is 30.6 Å². The monoisotopic (exact) mass is 322 g/mol. The number of benzene rings is 1. The molecule has 6 heteroatoms. The molecule has 0 aliphatic rings. The van der Waals surface area contributed by atoms with Gasteiger partial charge in [0.2, 0.25) is 10.0 Å². The third-order valence-electron chi connectivity index (χ3n) is 3.62. The van der Waals surface area contributed by atoms with Crippen LogP contribution in [0, 0.1) is 0 Å². The van der Waals surface area contributed by atoms with E-state index in [1.807, 2.05) is 6.92 Å². The van der Waals surface area contributed by atoms with Crippen molar-refractivity contribution in [3.8, 4) is 5.75 Å². The van der Waals surface area contributed by atoms with E-state index in [1.54, 1.807) is 12.3 Å². The van der Waals surface area contributed by atoms with E-state index in [4.69, 9.17) is 0 Å². The normalized spacial score (nSPS) is 13.4. The molecule has 0 fully saturated rings. The molecule has 0 radical (unpaired) electrons. The van der Waals surface area contributed by atoms with Crippen molar-refractivity contribution in [2.45, 2.75) is 50.5 Å². The molecule has 120 valence electrons. The second-order valence-electron chi connectivity index (χ2n) is 5.56. The maximum Gasteiger partial charge on any atom is 0.240 e. The second-order valence-corrected chi connectivity index (χ2v) is 7.27. The number of aromatic nitrogens is 1. The van der Waals surface area contributed by atoms with Crippen LogP contribution in [0.2, 0.25) is 0 Å². The first-order valence-corrected chi connectivity index (χ1v) is 9.01. The third kappa shape index (κ3) is 3.96. The van der Waals surface area contributed by atoms with Gasteiger partial charge in [-0.25, -0.2) is 13.1 Å². The number of nitrogens with one attached hydrogen (secondary N) is 1. The van der Waals surface area contributed by atoms with Crippen LogP contribution in [0.5, 0.6) is 5.75 Å². The number of sulfonamides is 1. The van der Waals surface area contributed by atoms with E-state index in [1.165, 1.54) is 18.3 Å². The lowest BCUT2D eigenvalue weighted by Crippen LogP contribution is -2.32. The lowest BCUT2D eigenvalue weighted by atomic mass is 10.1. The molecule has 2 aromatic rings. The average Bonchev–Trinajstić information content (AvgIpc) is 2.47. The van der Waals surface area contributed by atoms with E-state index in [9.17, 15) is 13.5 Å². The molecule has 1 heterocycles. The topological polar surface area (TPSA) is 79.3 Å². The summed E-state index contributed by atoms with van der Waals surface area (Å²) >= 11 is 0. The molecule has 2 N–H and O–H groups in total. The average molecular weight is 322 g/mol. The minimum absolute atomic E-state index is 0.0226. The predicted molar refractivity (Wildman–Crippen MR) is 87.3 cm³/mol. The maximum absolute atomic E-state index is 12.4. The van der Waals surface area contributed by atoms with Crippen molar-refractivity contribution in [2.75, 3.05) is 0 Å². The number of hydrogen-bond acceptors (Lipinski definition) is 4. The summed E-state index contributed by atoms with van der Waals surface area (Å²) in [5.74, 6) is -0.0226. The molecule has 0 aliphatic heterocycles. The van der Waals surface area contributed by atoms with Crippen LogP contribution in [0.15, 0.2) is 35.5 Å². The van der Waals surface area contributed by atoms with Gasteiger partial charge in [-0.2, -0.15) is 0 Å². The van der Waals surface area contributed by atoms with Crippen molar-refractivity contribution in [2.24, 2.45) is 0 Å². The Labute approximate surface area is 131 Å². The van der Waals surface area contributed by atoms with Crippen LogP contribution in [0.4, 0.5) is 0 Å². The zero-order valence-electron chi connectivity index (χ0n) is 12.9. The highest BCUT2D eigenvalue weighted by molar-refractivity contribution is 7.89. The number of pyridine rings is 1. The molecule has 1 unspecified atom stereocenters. The smallest absolute Gasteiger partial charge is 0.240 e. The van der Waals surface area contributed by atoms with Crippen LogP contribution in [0.25, 0.3) is 10.8 Å². The number of unbranched alkanes of at least 4 members (excludes halogenated alkanes) is 2. The third-order valence-corrected chi connectivity index (χ3v) is 5.21. The summed E-state index contributed by atoms with van der Waals surface area (Å²) in [4.78, 5) is 4.04. The summed E-state index contributed by atoms with van der Waals surface area (Å²) in [5.41, 5.74) is 0. The zero-order chi connectivity index (χ0) is 16.2. The summed E-state index contributed by atoms with van der Waals surface area (Å²) in [5, 5.41) is 11.0. The summed E-state index contributed by atoms with van der Waals surface area (Å²) < 4.78 is 27.5. The highest BCUT2D eigenvalue weighted by Gasteiger charge is 2.18. The Kier molecular flexibility index (Phi) is 5.37. The van der Waals surface area contributed by atoms with Gasteiger partial charge in [0.05, 0.1) is 11.1 Å². The number of rotatable bonds is 7. The van der Waals surface area contributed by atoms with Gasteiger partial charge in [0.25, 0.3) is 0 Å². The first-order chi connectivity index (χ1) is 10.4. The zero-order valence-corrected chi connectivity index (χ0v) is 13.7. The van der Waals surface area contributed by atoms with E-state index < -0.39 is 10.0 Å². The van der Waals surface area contributed by atoms with Gasteiger partial charge in [0.1, 0.15) is 5.75 Å². The van der Waals surface area contributed by atoms with E-state index in [0.717, 1.165) is 25.7 Å².